The van der Waals surface area contributed by atoms with Gasteiger partial charge in [0.25, 0.3) is 5.91 Å². The summed E-state index contributed by atoms with van der Waals surface area (Å²) in [6.07, 6.45) is 0.530. The molecule has 1 amide bonds. The Morgan fingerprint density at radius 1 is 1.24 bits per heavy atom. The summed E-state index contributed by atoms with van der Waals surface area (Å²) in [6, 6.07) is 9.62. The van der Waals surface area contributed by atoms with Gasteiger partial charge in [-0.1, -0.05) is 36.2 Å². The maximum absolute atomic E-state index is 13.3. The van der Waals surface area contributed by atoms with Gasteiger partial charge < -0.3 is 9.64 Å². The smallest absolute Gasteiger partial charge is 0.263 e. The zero-order valence-corrected chi connectivity index (χ0v) is 15.3. The lowest BCUT2D eigenvalue weighted by atomic mass is 9.99. The minimum atomic E-state index is -0.624. The van der Waals surface area contributed by atoms with Crippen molar-refractivity contribution in [2.75, 3.05) is 6.54 Å². The third kappa shape index (κ3) is 4.07. The molecule has 0 spiro atoms. The number of fused-ring (bicyclic) bond motifs is 1. The first-order chi connectivity index (χ1) is 12.0. The van der Waals surface area contributed by atoms with Gasteiger partial charge in [0.1, 0.15) is 11.6 Å². The Morgan fingerprint density at radius 2 is 2.04 bits per heavy atom. The summed E-state index contributed by atoms with van der Waals surface area (Å²) in [5, 5.41) is 0.884. The van der Waals surface area contributed by atoms with Crippen LogP contribution < -0.4 is 4.74 Å². The van der Waals surface area contributed by atoms with E-state index in [1.807, 2.05) is 6.92 Å². The van der Waals surface area contributed by atoms with Gasteiger partial charge in [-0.15, -0.1) is 0 Å². The van der Waals surface area contributed by atoms with Gasteiger partial charge in [0.15, 0.2) is 6.10 Å². The van der Waals surface area contributed by atoms with Crippen molar-refractivity contribution in [3.8, 4) is 5.75 Å². The Kier molecular flexibility index (Phi) is 5.50. The van der Waals surface area contributed by atoms with Gasteiger partial charge in [-0.25, -0.2) is 4.39 Å². The lowest BCUT2D eigenvalue weighted by Gasteiger charge is -2.31. The third-order valence-corrected chi connectivity index (χ3v) is 4.83. The van der Waals surface area contributed by atoms with Crippen LogP contribution >= 0.6 is 23.2 Å². The number of hydrogen-bond acceptors (Lipinski definition) is 2. The molecule has 0 saturated heterocycles. The number of nitrogens with zero attached hydrogens (tertiary/aromatic N) is 1. The van der Waals surface area contributed by atoms with Crippen LogP contribution in [0, 0.1) is 5.82 Å². The number of hydrogen-bond donors (Lipinski definition) is 0. The Bertz CT molecular complexity index is 797. The quantitative estimate of drug-likeness (QED) is 0.755. The minimum Gasteiger partial charge on any atom is -0.479 e. The van der Waals surface area contributed by atoms with E-state index >= 15 is 0 Å². The molecule has 2 aromatic rings. The van der Waals surface area contributed by atoms with Gasteiger partial charge >= 0.3 is 0 Å². The largest absolute Gasteiger partial charge is 0.479 e. The van der Waals surface area contributed by atoms with Crippen LogP contribution in [0.25, 0.3) is 0 Å². The highest BCUT2D eigenvalue weighted by Gasteiger charge is 2.28. The molecule has 1 unspecified atom stereocenters. The monoisotopic (exact) mass is 381 g/mol. The number of carbonyl (C=O) groups excluding carboxylic acids is 1. The number of amides is 1. The third-order valence-electron chi connectivity index (χ3n) is 4.30. The van der Waals surface area contributed by atoms with Crippen molar-refractivity contribution in [3.05, 3.63) is 63.4 Å². The SMILES string of the molecule is CCC(Oc1ccc(Cl)cc1Cl)C(=O)N1CCc2cc(F)ccc2C1. The highest BCUT2D eigenvalue weighted by atomic mass is 35.5. The molecule has 0 aromatic heterocycles. The van der Waals surface area contributed by atoms with E-state index in [1.165, 1.54) is 6.07 Å². The molecule has 6 heteroatoms. The molecule has 1 heterocycles. The summed E-state index contributed by atoms with van der Waals surface area (Å²) in [5.74, 6) is 0.0971. The van der Waals surface area contributed by atoms with E-state index in [4.69, 9.17) is 27.9 Å². The molecule has 1 aliphatic heterocycles. The molecule has 0 aliphatic carbocycles. The molecule has 132 valence electrons. The van der Waals surface area contributed by atoms with Crippen LogP contribution in [0.5, 0.6) is 5.75 Å². The Hall–Kier alpha value is -1.78. The fraction of sp³-hybridized carbons (Fsp3) is 0.316. The minimum absolute atomic E-state index is 0.0940. The van der Waals surface area contributed by atoms with Gasteiger partial charge in [-0.2, -0.15) is 0 Å². The van der Waals surface area contributed by atoms with Crippen molar-refractivity contribution in [1.29, 1.82) is 0 Å². The molecular weight excluding hydrogens is 364 g/mol. The summed E-state index contributed by atoms with van der Waals surface area (Å²) in [5.41, 5.74) is 1.93. The number of rotatable bonds is 4. The second-order valence-corrected chi connectivity index (χ2v) is 6.86. The van der Waals surface area contributed by atoms with E-state index in [0.717, 1.165) is 11.1 Å². The lowest BCUT2D eigenvalue weighted by molar-refractivity contribution is -0.139. The molecule has 3 rings (SSSR count). The first kappa shape index (κ1) is 18.0. The van der Waals surface area contributed by atoms with E-state index < -0.39 is 6.10 Å². The van der Waals surface area contributed by atoms with E-state index in [-0.39, 0.29) is 11.7 Å². The van der Waals surface area contributed by atoms with Crippen molar-refractivity contribution < 1.29 is 13.9 Å². The molecule has 2 aromatic carbocycles. The molecule has 1 atom stereocenters. The Labute approximate surface area is 156 Å². The predicted molar refractivity (Wildman–Crippen MR) is 96.7 cm³/mol. The average molecular weight is 382 g/mol. The molecule has 25 heavy (non-hydrogen) atoms. The zero-order valence-electron chi connectivity index (χ0n) is 13.8. The fourth-order valence-electron chi connectivity index (χ4n) is 2.95. The lowest BCUT2D eigenvalue weighted by Crippen LogP contribution is -2.44. The average Bonchev–Trinajstić information content (AvgIpc) is 2.60. The molecule has 1 aliphatic rings. The summed E-state index contributed by atoms with van der Waals surface area (Å²) >= 11 is 12.0. The molecule has 0 bridgehead atoms. The number of ether oxygens (including phenoxy) is 1. The number of carbonyl (C=O) groups is 1. The molecular formula is C19H18Cl2FNO2. The number of benzene rings is 2. The maximum atomic E-state index is 13.3. The topological polar surface area (TPSA) is 29.5 Å². The van der Waals surface area contributed by atoms with Crippen molar-refractivity contribution in [2.24, 2.45) is 0 Å². The normalized spacial score (nSPS) is 14.8. The molecule has 3 nitrogen and oxygen atoms in total. The first-order valence-corrected chi connectivity index (χ1v) is 8.91. The standard InChI is InChI=1S/C19H18Cl2FNO2/c1-2-17(25-18-6-4-14(20)10-16(18)21)19(24)23-8-7-12-9-15(22)5-3-13(12)11-23/h3-6,9-10,17H,2,7-8,11H2,1H3. The van der Waals surface area contributed by atoms with Gasteiger partial charge in [0, 0.05) is 18.1 Å². The van der Waals surface area contributed by atoms with Crippen LogP contribution in [0.3, 0.4) is 0 Å². The first-order valence-electron chi connectivity index (χ1n) is 8.15. The Balaban J connectivity index is 1.73. The molecule has 0 N–H and O–H groups in total. The van der Waals surface area contributed by atoms with Crippen LogP contribution in [-0.2, 0) is 17.8 Å². The van der Waals surface area contributed by atoms with Crippen molar-refractivity contribution in [3.63, 3.8) is 0 Å². The number of halogens is 3. The van der Waals surface area contributed by atoms with Gasteiger partial charge in [0.05, 0.1) is 5.02 Å². The molecule has 0 saturated carbocycles. The van der Waals surface area contributed by atoms with Crippen molar-refractivity contribution in [2.45, 2.75) is 32.4 Å². The van der Waals surface area contributed by atoms with Crippen LogP contribution in [0.2, 0.25) is 10.0 Å². The van der Waals surface area contributed by atoms with Crippen LogP contribution in [0.4, 0.5) is 4.39 Å². The molecule has 0 radical (unpaired) electrons. The highest BCUT2D eigenvalue weighted by molar-refractivity contribution is 6.35. The fourth-order valence-corrected chi connectivity index (χ4v) is 3.40. The van der Waals surface area contributed by atoms with Crippen molar-refractivity contribution in [1.82, 2.24) is 4.90 Å². The Morgan fingerprint density at radius 3 is 2.76 bits per heavy atom. The molecule has 0 fully saturated rings. The van der Waals surface area contributed by atoms with Crippen LogP contribution in [0.15, 0.2) is 36.4 Å². The summed E-state index contributed by atoms with van der Waals surface area (Å²) < 4.78 is 19.1. The second kappa shape index (κ2) is 7.63. The van der Waals surface area contributed by atoms with Crippen molar-refractivity contribution >= 4 is 29.1 Å². The van der Waals surface area contributed by atoms with Gasteiger partial charge in [-0.05, 0) is 54.3 Å². The van der Waals surface area contributed by atoms with E-state index in [2.05, 4.69) is 0 Å². The van der Waals surface area contributed by atoms with E-state index in [1.54, 1.807) is 35.2 Å². The zero-order chi connectivity index (χ0) is 18.0. The van der Waals surface area contributed by atoms with E-state index in [0.29, 0.717) is 41.7 Å². The van der Waals surface area contributed by atoms with Gasteiger partial charge in [0.2, 0.25) is 0 Å². The summed E-state index contributed by atoms with van der Waals surface area (Å²) in [4.78, 5) is 14.6. The van der Waals surface area contributed by atoms with Crippen LogP contribution in [-0.4, -0.2) is 23.5 Å². The summed E-state index contributed by atoms with van der Waals surface area (Å²) in [7, 11) is 0. The van der Waals surface area contributed by atoms with E-state index in [9.17, 15) is 9.18 Å². The second-order valence-electron chi connectivity index (χ2n) is 6.01. The maximum Gasteiger partial charge on any atom is 0.263 e. The highest BCUT2D eigenvalue weighted by Crippen LogP contribution is 2.29. The van der Waals surface area contributed by atoms with Crippen LogP contribution in [0.1, 0.15) is 24.5 Å². The summed E-state index contributed by atoms with van der Waals surface area (Å²) in [6.45, 7) is 2.89. The predicted octanol–water partition coefficient (Wildman–Crippen LogP) is 4.87. The van der Waals surface area contributed by atoms with Gasteiger partial charge in [-0.3, -0.25) is 4.79 Å².